The fraction of sp³-hybridized carbons (Fsp3) is 0.538. The van der Waals surface area contributed by atoms with Crippen molar-refractivity contribution in [2.24, 2.45) is 0 Å². The minimum atomic E-state index is 0.00442. The van der Waals surface area contributed by atoms with Crippen LogP contribution in [0.5, 0.6) is 0 Å². The molecule has 19 heavy (non-hydrogen) atoms. The molecule has 2 aromatic rings. The van der Waals surface area contributed by atoms with Gasteiger partial charge in [0, 0.05) is 13.2 Å². The summed E-state index contributed by atoms with van der Waals surface area (Å²) in [6, 6.07) is 1.84. The topological polar surface area (TPSA) is 47.0 Å². The van der Waals surface area contributed by atoms with E-state index in [1.807, 2.05) is 25.3 Å². The average Bonchev–Trinajstić information content (AvgIpc) is 2.80. The van der Waals surface area contributed by atoms with Crippen LogP contribution in [0.4, 0.5) is 0 Å². The quantitative estimate of drug-likeness (QED) is 0.657. The normalized spacial score (nSPS) is 11.5. The second-order valence-electron chi connectivity index (χ2n) is 4.68. The first-order chi connectivity index (χ1) is 9.09. The molecule has 104 valence electrons. The average molecular weight is 298 g/mol. The largest absolute Gasteiger partial charge is 0.379 e. The summed E-state index contributed by atoms with van der Waals surface area (Å²) >= 11 is 6.74. The van der Waals surface area contributed by atoms with Gasteiger partial charge in [-0.1, -0.05) is 0 Å². The van der Waals surface area contributed by atoms with Gasteiger partial charge >= 0.3 is 0 Å². The maximum Gasteiger partial charge on any atom is 0.263 e. The number of aromatic nitrogens is 2. The van der Waals surface area contributed by atoms with Gasteiger partial charge in [-0.05, 0) is 50.4 Å². The van der Waals surface area contributed by atoms with Crippen LogP contribution in [-0.2, 0) is 11.3 Å². The van der Waals surface area contributed by atoms with Crippen molar-refractivity contribution in [3.05, 3.63) is 26.6 Å². The number of hydrogen-bond acceptors (Lipinski definition) is 4. The van der Waals surface area contributed by atoms with Gasteiger partial charge in [0.15, 0.2) is 4.77 Å². The second-order valence-corrected chi connectivity index (χ2v) is 5.98. The third-order valence-corrected chi connectivity index (χ3v) is 3.99. The molecular weight excluding hydrogens is 280 g/mol. The number of aromatic amines is 1. The molecular formula is C13H18N2O2S2. The van der Waals surface area contributed by atoms with Gasteiger partial charge < -0.3 is 9.72 Å². The summed E-state index contributed by atoms with van der Waals surface area (Å²) < 4.78 is 7.62. The molecule has 6 heteroatoms. The van der Waals surface area contributed by atoms with Crippen LogP contribution in [0.3, 0.4) is 0 Å². The van der Waals surface area contributed by atoms with E-state index < -0.39 is 0 Å². The molecule has 0 fully saturated rings. The molecule has 0 aliphatic carbocycles. The Labute approximate surface area is 121 Å². The summed E-state index contributed by atoms with van der Waals surface area (Å²) in [5.41, 5.74) is 0.00442. The molecule has 2 rings (SSSR count). The van der Waals surface area contributed by atoms with Gasteiger partial charge in [0.2, 0.25) is 0 Å². The van der Waals surface area contributed by atoms with Crippen molar-refractivity contribution in [3.63, 3.8) is 0 Å². The highest BCUT2D eigenvalue weighted by Crippen LogP contribution is 2.14. The van der Waals surface area contributed by atoms with E-state index in [0.717, 1.165) is 29.7 Å². The van der Waals surface area contributed by atoms with Crippen LogP contribution in [0.25, 0.3) is 10.2 Å². The smallest absolute Gasteiger partial charge is 0.263 e. The molecule has 1 N–H and O–H groups in total. The lowest BCUT2D eigenvalue weighted by Crippen LogP contribution is -2.21. The molecule has 0 aliphatic rings. The minimum Gasteiger partial charge on any atom is -0.379 e. The Hall–Kier alpha value is -0.980. The molecule has 2 heterocycles. The lowest BCUT2D eigenvalue weighted by molar-refractivity contribution is 0.0754. The minimum absolute atomic E-state index is 0.00442. The molecule has 0 saturated carbocycles. The van der Waals surface area contributed by atoms with Gasteiger partial charge in [-0.2, -0.15) is 0 Å². The van der Waals surface area contributed by atoms with Gasteiger partial charge in [-0.15, -0.1) is 11.3 Å². The van der Waals surface area contributed by atoms with Gasteiger partial charge in [-0.25, -0.2) is 0 Å². The Morgan fingerprint density at radius 2 is 2.26 bits per heavy atom. The van der Waals surface area contributed by atoms with Crippen LogP contribution in [0.1, 0.15) is 26.7 Å². The standard InChI is InChI=1S/C13H18N2O2S2/c1-9(2)17-7-4-3-6-15-12(16)10-5-8-19-11(10)14-13(15)18/h5,8-9H,3-4,6-7H2,1-2H3,(H,14,18). The maximum atomic E-state index is 12.2. The van der Waals surface area contributed by atoms with Crippen molar-refractivity contribution in [3.8, 4) is 0 Å². The van der Waals surface area contributed by atoms with Crippen molar-refractivity contribution < 1.29 is 4.74 Å². The summed E-state index contributed by atoms with van der Waals surface area (Å²) in [5, 5.41) is 2.62. The number of rotatable bonds is 6. The van der Waals surface area contributed by atoms with Gasteiger partial charge in [0.25, 0.3) is 5.56 Å². The number of nitrogens with zero attached hydrogens (tertiary/aromatic N) is 1. The molecule has 0 unspecified atom stereocenters. The number of hydrogen-bond donors (Lipinski definition) is 1. The van der Waals surface area contributed by atoms with Crippen molar-refractivity contribution >= 4 is 33.8 Å². The monoisotopic (exact) mass is 298 g/mol. The van der Waals surface area contributed by atoms with Crippen LogP contribution in [0, 0.1) is 4.77 Å². The van der Waals surface area contributed by atoms with E-state index >= 15 is 0 Å². The summed E-state index contributed by atoms with van der Waals surface area (Å²) in [6.07, 6.45) is 2.08. The molecule has 0 aliphatic heterocycles. The first-order valence-corrected chi connectivity index (χ1v) is 7.70. The molecule has 0 atom stereocenters. The van der Waals surface area contributed by atoms with E-state index in [2.05, 4.69) is 4.98 Å². The second kappa shape index (κ2) is 6.45. The lowest BCUT2D eigenvalue weighted by atomic mass is 10.3. The van der Waals surface area contributed by atoms with Gasteiger partial charge in [-0.3, -0.25) is 9.36 Å². The Balaban J connectivity index is 2.04. The Morgan fingerprint density at radius 3 is 3.00 bits per heavy atom. The predicted molar refractivity (Wildman–Crippen MR) is 81.6 cm³/mol. The van der Waals surface area contributed by atoms with Crippen molar-refractivity contribution in [2.75, 3.05) is 6.61 Å². The highest BCUT2D eigenvalue weighted by atomic mass is 32.1. The van der Waals surface area contributed by atoms with E-state index in [1.54, 1.807) is 4.57 Å². The molecule has 0 saturated heterocycles. The number of nitrogens with one attached hydrogen (secondary N) is 1. The Kier molecular flexibility index (Phi) is 4.90. The molecule has 4 nitrogen and oxygen atoms in total. The Morgan fingerprint density at radius 1 is 1.47 bits per heavy atom. The SMILES string of the molecule is CC(C)OCCCCn1c(=S)[nH]c2sccc2c1=O. The van der Waals surface area contributed by atoms with Crippen molar-refractivity contribution in [1.29, 1.82) is 0 Å². The highest BCUT2D eigenvalue weighted by molar-refractivity contribution is 7.71. The van der Waals surface area contributed by atoms with Crippen LogP contribution >= 0.6 is 23.6 Å². The van der Waals surface area contributed by atoms with Crippen LogP contribution in [0.2, 0.25) is 0 Å². The molecule has 2 aromatic heterocycles. The third-order valence-electron chi connectivity index (χ3n) is 2.83. The lowest BCUT2D eigenvalue weighted by Gasteiger charge is -2.08. The number of unbranched alkanes of at least 4 members (excludes halogenated alkanes) is 1. The third kappa shape index (κ3) is 3.52. The molecule has 0 bridgehead atoms. The number of ether oxygens (including phenoxy) is 1. The van der Waals surface area contributed by atoms with E-state index in [9.17, 15) is 4.79 Å². The maximum absolute atomic E-state index is 12.2. The summed E-state index contributed by atoms with van der Waals surface area (Å²) in [6.45, 7) is 5.40. The Bertz CT molecular complexity index is 654. The summed E-state index contributed by atoms with van der Waals surface area (Å²) in [5.74, 6) is 0. The van der Waals surface area contributed by atoms with Crippen LogP contribution in [0.15, 0.2) is 16.2 Å². The molecule has 0 spiro atoms. The number of thiophene rings is 1. The zero-order valence-electron chi connectivity index (χ0n) is 11.1. The van der Waals surface area contributed by atoms with E-state index in [1.165, 1.54) is 11.3 Å². The van der Waals surface area contributed by atoms with Gasteiger partial charge in [0.1, 0.15) is 4.83 Å². The summed E-state index contributed by atoms with van der Waals surface area (Å²) in [4.78, 5) is 16.2. The number of H-pyrrole nitrogens is 1. The van der Waals surface area contributed by atoms with Crippen molar-refractivity contribution in [1.82, 2.24) is 9.55 Å². The van der Waals surface area contributed by atoms with E-state index in [0.29, 0.717) is 11.3 Å². The van der Waals surface area contributed by atoms with Crippen LogP contribution < -0.4 is 5.56 Å². The predicted octanol–water partition coefficient (Wildman–Crippen LogP) is 3.33. The van der Waals surface area contributed by atoms with E-state index in [-0.39, 0.29) is 11.7 Å². The molecule has 0 radical (unpaired) electrons. The fourth-order valence-electron chi connectivity index (χ4n) is 1.87. The van der Waals surface area contributed by atoms with Crippen molar-refractivity contribution in [2.45, 2.75) is 39.3 Å². The summed E-state index contributed by atoms with van der Waals surface area (Å²) in [7, 11) is 0. The first-order valence-electron chi connectivity index (χ1n) is 6.41. The van der Waals surface area contributed by atoms with Gasteiger partial charge in [0.05, 0.1) is 11.5 Å². The first kappa shape index (κ1) is 14.4. The highest BCUT2D eigenvalue weighted by Gasteiger charge is 2.06. The molecule has 0 amide bonds. The zero-order valence-corrected chi connectivity index (χ0v) is 12.8. The molecule has 0 aromatic carbocycles. The van der Waals surface area contributed by atoms with E-state index in [4.69, 9.17) is 17.0 Å². The fourth-order valence-corrected chi connectivity index (χ4v) is 2.99. The number of fused-ring (bicyclic) bond motifs is 1. The van der Waals surface area contributed by atoms with Crippen LogP contribution in [-0.4, -0.2) is 22.3 Å². The zero-order chi connectivity index (χ0) is 13.8.